The number of pyridine rings is 1. The zero-order valence-electron chi connectivity index (χ0n) is 11.7. The van der Waals surface area contributed by atoms with Gasteiger partial charge in [0.15, 0.2) is 5.69 Å². The van der Waals surface area contributed by atoms with Crippen LogP contribution in [0.15, 0.2) is 22.8 Å². The quantitative estimate of drug-likeness (QED) is 0.730. The van der Waals surface area contributed by atoms with Crippen LogP contribution in [0.1, 0.15) is 21.9 Å². The van der Waals surface area contributed by atoms with Gasteiger partial charge in [0.1, 0.15) is 0 Å². The minimum atomic E-state index is -0.504. The first-order chi connectivity index (χ1) is 10.2. The summed E-state index contributed by atoms with van der Waals surface area (Å²) in [6.45, 7) is 0.890. The van der Waals surface area contributed by atoms with Crippen LogP contribution in [0.25, 0.3) is 0 Å². The van der Waals surface area contributed by atoms with Gasteiger partial charge >= 0.3 is 5.97 Å². The minimum Gasteiger partial charge on any atom is -0.464 e. The highest BCUT2D eigenvalue weighted by atomic mass is 79.9. The van der Waals surface area contributed by atoms with E-state index in [1.807, 2.05) is 12.1 Å². The number of nitrogens with zero attached hydrogens (tertiary/aromatic N) is 4. The average Bonchev–Trinajstić information content (AvgIpc) is 2.89. The smallest absolute Gasteiger partial charge is 0.360 e. The Kier molecular flexibility index (Phi) is 5.40. The fraction of sp³-hybridized carbons (Fsp3) is 0.385. The fourth-order valence-electron chi connectivity index (χ4n) is 1.81. The van der Waals surface area contributed by atoms with Gasteiger partial charge in [0, 0.05) is 24.2 Å². The van der Waals surface area contributed by atoms with Gasteiger partial charge in [-0.1, -0.05) is 5.21 Å². The van der Waals surface area contributed by atoms with Gasteiger partial charge in [-0.25, -0.2) is 9.48 Å². The normalized spacial score (nSPS) is 10.6. The summed E-state index contributed by atoms with van der Waals surface area (Å²) < 4.78 is 12.3. The lowest BCUT2D eigenvalue weighted by atomic mass is 10.2. The van der Waals surface area contributed by atoms with Crippen LogP contribution in [0.3, 0.4) is 0 Å². The highest BCUT2D eigenvalue weighted by Crippen LogP contribution is 2.12. The molecule has 0 radical (unpaired) electrons. The molecule has 8 heteroatoms. The van der Waals surface area contributed by atoms with Crippen LogP contribution in [-0.4, -0.2) is 46.8 Å². The lowest BCUT2D eigenvalue weighted by Gasteiger charge is -2.07. The van der Waals surface area contributed by atoms with Gasteiger partial charge < -0.3 is 9.47 Å². The average molecular weight is 355 g/mol. The highest BCUT2D eigenvalue weighted by Gasteiger charge is 2.20. The standard InChI is InChI=1S/C13H15BrN4O3/c1-20-6-5-11-12(13(19)21-2)16-17-18(11)8-10-4-3-9(14)7-15-10/h3-4,7H,5-6,8H2,1-2H3. The number of hydrogen-bond acceptors (Lipinski definition) is 6. The molecular weight excluding hydrogens is 340 g/mol. The Bertz CT molecular complexity index is 612. The van der Waals surface area contributed by atoms with Crippen molar-refractivity contribution in [1.29, 1.82) is 0 Å². The number of esters is 1. The molecule has 0 bridgehead atoms. The van der Waals surface area contributed by atoms with Crippen LogP contribution in [0, 0.1) is 0 Å². The third-order valence-corrected chi connectivity index (χ3v) is 3.33. The Hall–Kier alpha value is -1.80. The fourth-order valence-corrected chi connectivity index (χ4v) is 2.05. The molecule has 2 aromatic rings. The van der Waals surface area contributed by atoms with Gasteiger partial charge in [0.2, 0.25) is 0 Å². The molecule has 0 N–H and O–H groups in total. The molecular formula is C13H15BrN4O3. The zero-order chi connectivity index (χ0) is 15.2. The van der Waals surface area contributed by atoms with E-state index in [0.29, 0.717) is 25.3 Å². The molecule has 112 valence electrons. The van der Waals surface area contributed by atoms with E-state index in [1.54, 1.807) is 18.0 Å². The third kappa shape index (κ3) is 3.85. The Morgan fingerprint density at radius 1 is 1.38 bits per heavy atom. The van der Waals surface area contributed by atoms with Gasteiger partial charge in [-0.05, 0) is 28.1 Å². The number of carbonyl (C=O) groups excluding carboxylic acids is 1. The molecule has 7 nitrogen and oxygen atoms in total. The van der Waals surface area contributed by atoms with Crippen molar-refractivity contribution in [1.82, 2.24) is 20.0 Å². The van der Waals surface area contributed by atoms with Crippen molar-refractivity contribution in [2.75, 3.05) is 20.8 Å². The van der Waals surface area contributed by atoms with Crippen molar-refractivity contribution in [3.8, 4) is 0 Å². The number of hydrogen-bond donors (Lipinski definition) is 0. The lowest BCUT2D eigenvalue weighted by Crippen LogP contribution is -2.13. The SMILES string of the molecule is COCCc1c(C(=O)OC)nnn1Cc1ccc(Br)cn1. The predicted molar refractivity (Wildman–Crippen MR) is 78.0 cm³/mol. The molecule has 0 aliphatic rings. The number of carbonyl (C=O) groups is 1. The summed E-state index contributed by atoms with van der Waals surface area (Å²) in [7, 11) is 2.92. The van der Waals surface area contributed by atoms with Gasteiger partial charge in [-0.15, -0.1) is 5.10 Å². The first kappa shape index (κ1) is 15.6. The number of halogens is 1. The Morgan fingerprint density at radius 2 is 2.19 bits per heavy atom. The summed E-state index contributed by atoms with van der Waals surface area (Å²) in [6.07, 6.45) is 2.23. The molecule has 0 aromatic carbocycles. The first-order valence-corrected chi connectivity index (χ1v) is 7.05. The zero-order valence-corrected chi connectivity index (χ0v) is 13.3. The van der Waals surface area contributed by atoms with E-state index in [-0.39, 0.29) is 5.69 Å². The van der Waals surface area contributed by atoms with E-state index in [4.69, 9.17) is 9.47 Å². The van der Waals surface area contributed by atoms with E-state index in [1.165, 1.54) is 7.11 Å². The maximum Gasteiger partial charge on any atom is 0.360 e. The molecule has 0 atom stereocenters. The second-order valence-corrected chi connectivity index (χ2v) is 5.16. The second-order valence-electron chi connectivity index (χ2n) is 4.24. The van der Waals surface area contributed by atoms with E-state index in [0.717, 1.165) is 10.2 Å². The van der Waals surface area contributed by atoms with E-state index < -0.39 is 5.97 Å². The van der Waals surface area contributed by atoms with Gasteiger partial charge in [-0.3, -0.25) is 4.98 Å². The molecule has 0 amide bonds. The molecule has 2 aromatic heterocycles. The molecule has 0 fully saturated rings. The summed E-state index contributed by atoms with van der Waals surface area (Å²) in [4.78, 5) is 16.0. The van der Waals surface area contributed by atoms with E-state index in [2.05, 4.69) is 31.2 Å². The molecule has 0 aliphatic heterocycles. The van der Waals surface area contributed by atoms with E-state index in [9.17, 15) is 4.79 Å². The van der Waals surface area contributed by atoms with Crippen molar-refractivity contribution in [2.24, 2.45) is 0 Å². The molecule has 0 aliphatic carbocycles. The summed E-state index contributed by atoms with van der Waals surface area (Å²) in [5.41, 5.74) is 1.71. The summed E-state index contributed by atoms with van der Waals surface area (Å²) >= 11 is 3.34. The minimum absolute atomic E-state index is 0.215. The monoisotopic (exact) mass is 354 g/mol. The molecule has 0 spiro atoms. The van der Waals surface area contributed by atoms with Crippen molar-refractivity contribution >= 4 is 21.9 Å². The van der Waals surface area contributed by atoms with Crippen molar-refractivity contribution in [3.05, 3.63) is 39.9 Å². The topological polar surface area (TPSA) is 79.1 Å². The molecule has 0 saturated carbocycles. The van der Waals surface area contributed by atoms with E-state index >= 15 is 0 Å². The predicted octanol–water partition coefficient (Wildman–Crippen LogP) is 1.46. The van der Waals surface area contributed by atoms with Crippen molar-refractivity contribution < 1.29 is 14.3 Å². The van der Waals surface area contributed by atoms with Crippen molar-refractivity contribution in [3.63, 3.8) is 0 Å². The van der Waals surface area contributed by atoms with Gasteiger partial charge in [0.25, 0.3) is 0 Å². The molecule has 2 heterocycles. The second kappa shape index (κ2) is 7.28. The Labute approximate surface area is 130 Å². The summed E-state index contributed by atoms with van der Waals surface area (Å²) in [5, 5.41) is 7.91. The number of methoxy groups -OCH3 is 2. The molecule has 21 heavy (non-hydrogen) atoms. The Balaban J connectivity index is 2.27. The number of ether oxygens (including phenoxy) is 2. The summed E-state index contributed by atoms with van der Waals surface area (Å²) in [5.74, 6) is -0.504. The van der Waals surface area contributed by atoms with Gasteiger partial charge in [0.05, 0.1) is 31.6 Å². The van der Waals surface area contributed by atoms with Crippen LogP contribution in [0.4, 0.5) is 0 Å². The van der Waals surface area contributed by atoms with Crippen molar-refractivity contribution in [2.45, 2.75) is 13.0 Å². The third-order valence-electron chi connectivity index (χ3n) is 2.86. The summed E-state index contributed by atoms with van der Waals surface area (Å²) in [6, 6.07) is 3.78. The maximum absolute atomic E-state index is 11.7. The number of aromatic nitrogens is 4. The molecule has 0 saturated heterocycles. The van der Waals surface area contributed by atoms with Crippen LogP contribution >= 0.6 is 15.9 Å². The highest BCUT2D eigenvalue weighted by molar-refractivity contribution is 9.10. The van der Waals surface area contributed by atoms with Crippen LogP contribution in [-0.2, 0) is 22.4 Å². The van der Waals surface area contributed by atoms with Crippen LogP contribution < -0.4 is 0 Å². The first-order valence-electron chi connectivity index (χ1n) is 6.25. The van der Waals surface area contributed by atoms with Crippen LogP contribution in [0.2, 0.25) is 0 Å². The van der Waals surface area contributed by atoms with Gasteiger partial charge in [-0.2, -0.15) is 0 Å². The van der Waals surface area contributed by atoms with Crippen LogP contribution in [0.5, 0.6) is 0 Å². The Morgan fingerprint density at radius 3 is 2.81 bits per heavy atom. The number of rotatable bonds is 6. The largest absolute Gasteiger partial charge is 0.464 e. The molecule has 2 rings (SSSR count). The maximum atomic E-state index is 11.7. The molecule has 0 unspecified atom stereocenters. The lowest BCUT2D eigenvalue weighted by molar-refractivity contribution is 0.0592.